The molecule has 9 heteroatoms. The molecule has 1 aliphatic heterocycles. The van der Waals surface area contributed by atoms with E-state index in [0.717, 1.165) is 36.2 Å². The number of fused-ring (bicyclic) bond motifs is 1. The van der Waals surface area contributed by atoms with E-state index in [-0.39, 0.29) is 18.3 Å². The van der Waals surface area contributed by atoms with E-state index in [1.807, 2.05) is 24.0 Å². The lowest BCUT2D eigenvalue weighted by molar-refractivity contribution is 0.0776. The van der Waals surface area contributed by atoms with Crippen molar-refractivity contribution in [1.82, 2.24) is 25.0 Å². The molecule has 1 saturated carbocycles. The molecule has 0 radical (unpaired) electrons. The smallest absolute Gasteiger partial charge is 0.273 e. The number of aromatic nitrogens is 3. The minimum absolute atomic E-state index is 0. The second-order valence-electron chi connectivity index (χ2n) is 8.36. The topological polar surface area (TPSA) is 90.3 Å². The van der Waals surface area contributed by atoms with E-state index in [4.69, 9.17) is 9.40 Å². The summed E-state index contributed by atoms with van der Waals surface area (Å²) in [6.45, 7) is 3.36. The molecule has 0 unspecified atom stereocenters. The van der Waals surface area contributed by atoms with Crippen LogP contribution in [-0.2, 0) is 0 Å². The lowest BCUT2D eigenvalue weighted by Gasteiger charge is -2.21. The Hall–Kier alpha value is -2.58. The van der Waals surface area contributed by atoms with Gasteiger partial charge in [-0.05, 0) is 46.3 Å². The van der Waals surface area contributed by atoms with Crippen LogP contribution in [0.5, 0.6) is 0 Å². The van der Waals surface area contributed by atoms with E-state index in [9.17, 15) is 4.79 Å². The molecule has 0 aromatic carbocycles. The largest absolute Gasteiger partial charge is 0.464 e. The van der Waals surface area contributed by atoms with Gasteiger partial charge in [-0.3, -0.25) is 9.89 Å². The standard InChI is InChI=1S/C21H26N6O2.ClH/c1-12-18(21(28)27-8-6-14(11-27)26(2)3)23-20(15-7-9-29-19(12)15)22-17-10-16(24-25-17)13-4-5-13;/h7,9-10,13-14H,4-6,8,11H2,1-3H3,(H2,22,23,24,25);1H/t14-;/m1./s1. The highest BCUT2D eigenvalue weighted by atomic mass is 35.5. The number of likely N-dealkylation sites (N-methyl/N-ethyl adjacent to an activating group) is 1. The number of nitrogens with zero attached hydrogens (tertiary/aromatic N) is 4. The molecule has 4 heterocycles. The Labute approximate surface area is 181 Å². The second-order valence-corrected chi connectivity index (χ2v) is 8.36. The predicted octanol–water partition coefficient (Wildman–Crippen LogP) is 3.68. The highest BCUT2D eigenvalue weighted by molar-refractivity contribution is 6.01. The number of H-pyrrole nitrogens is 1. The van der Waals surface area contributed by atoms with Gasteiger partial charge in [0.05, 0.1) is 11.6 Å². The summed E-state index contributed by atoms with van der Waals surface area (Å²) in [5, 5.41) is 11.6. The monoisotopic (exact) mass is 430 g/mol. The Balaban J connectivity index is 0.00000218. The highest BCUT2D eigenvalue weighted by Gasteiger charge is 2.31. The summed E-state index contributed by atoms with van der Waals surface area (Å²) in [5.41, 5.74) is 3.04. The van der Waals surface area contributed by atoms with Crippen molar-refractivity contribution >= 4 is 40.9 Å². The van der Waals surface area contributed by atoms with E-state index in [1.54, 1.807) is 6.26 Å². The fourth-order valence-electron chi connectivity index (χ4n) is 4.08. The molecule has 5 rings (SSSR count). The van der Waals surface area contributed by atoms with E-state index in [2.05, 4.69) is 34.5 Å². The molecule has 1 amide bonds. The van der Waals surface area contributed by atoms with Crippen LogP contribution in [0.15, 0.2) is 22.8 Å². The third-order valence-electron chi connectivity index (χ3n) is 6.08. The van der Waals surface area contributed by atoms with Gasteiger partial charge in [0.1, 0.15) is 17.1 Å². The third kappa shape index (κ3) is 3.65. The zero-order valence-electron chi connectivity index (χ0n) is 17.4. The number of halogens is 1. The fourth-order valence-corrected chi connectivity index (χ4v) is 4.08. The van der Waals surface area contributed by atoms with Crippen LogP contribution >= 0.6 is 12.4 Å². The molecule has 8 nitrogen and oxygen atoms in total. The SMILES string of the molecule is Cc1c(C(=O)N2CC[C@@H](N(C)C)C2)nc(Nc2cc(C3CC3)[nH]n2)c2ccoc12.Cl. The summed E-state index contributed by atoms with van der Waals surface area (Å²) in [5.74, 6) is 1.85. The Morgan fingerprint density at radius 1 is 1.33 bits per heavy atom. The van der Waals surface area contributed by atoms with Crippen molar-refractivity contribution in [3.05, 3.63) is 35.3 Å². The van der Waals surface area contributed by atoms with Crippen molar-refractivity contribution in [2.45, 2.75) is 38.1 Å². The van der Waals surface area contributed by atoms with Crippen molar-refractivity contribution in [2.75, 3.05) is 32.5 Å². The summed E-state index contributed by atoms with van der Waals surface area (Å²) in [7, 11) is 4.11. The molecule has 0 spiro atoms. The van der Waals surface area contributed by atoms with Crippen LogP contribution in [0.25, 0.3) is 11.0 Å². The van der Waals surface area contributed by atoms with Crippen molar-refractivity contribution < 1.29 is 9.21 Å². The van der Waals surface area contributed by atoms with Gasteiger partial charge in [-0.2, -0.15) is 5.10 Å². The normalized spacial score (nSPS) is 18.8. The number of likely N-dealkylation sites (tertiary alicyclic amines) is 1. The molecule has 3 aromatic heterocycles. The first-order valence-electron chi connectivity index (χ1n) is 10.2. The Morgan fingerprint density at radius 2 is 2.13 bits per heavy atom. The van der Waals surface area contributed by atoms with Gasteiger partial charge in [0.15, 0.2) is 5.82 Å². The lowest BCUT2D eigenvalue weighted by atomic mass is 10.1. The summed E-state index contributed by atoms with van der Waals surface area (Å²) in [4.78, 5) is 22.0. The molecule has 160 valence electrons. The molecule has 0 bridgehead atoms. The maximum absolute atomic E-state index is 13.3. The first-order chi connectivity index (χ1) is 14.0. The fraction of sp³-hybridized carbons (Fsp3) is 0.476. The number of rotatable bonds is 5. The van der Waals surface area contributed by atoms with Crippen LogP contribution in [-0.4, -0.2) is 64.1 Å². The average molecular weight is 431 g/mol. The number of furan rings is 1. The molecule has 3 aromatic rings. The molecule has 1 atom stereocenters. The predicted molar refractivity (Wildman–Crippen MR) is 118 cm³/mol. The average Bonchev–Trinajstić information content (AvgIpc) is 3.14. The maximum Gasteiger partial charge on any atom is 0.273 e. The van der Waals surface area contributed by atoms with Gasteiger partial charge in [-0.1, -0.05) is 0 Å². The molecule has 2 aliphatic rings. The number of aromatic amines is 1. The molecule has 1 saturated heterocycles. The van der Waals surface area contributed by atoms with E-state index < -0.39 is 0 Å². The number of aryl methyl sites for hydroxylation is 1. The van der Waals surface area contributed by atoms with Gasteiger partial charge in [-0.25, -0.2) is 4.98 Å². The molecule has 2 fully saturated rings. The summed E-state index contributed by atoms with van der Waals surface area (Å²) in [6.07, 6.45) is 5.03. The van der Waals surface area contributed by atoms with Gasteiger partial charge in [-0.15, -0.1) is 12.4 Å². The van der Waals surface area contributed by atoms with Crippen LogP contribution in [0, 0.1) is 6.92 Å². The van der Waals surface area contributed by atoms with Crippen LogP contribution in [0.3, 0.4) is 0 Å². The molecular weight excluding hydrogens is 404 g/mol. The summed E-state index contributed by atoms with van der Waals surface area (Å²) >= 11 is 0. The van der Waals surface area contributed by atoms with E-state index in [0.29, 0.717) is 34.9 Å². The van der Waals surface area contributed by atoms with Crippen LogP contribution in [0.4, 0.5) is 11.6 Å². The van der Waals surface area contributed by atoms with E-state index in [1.165, 1.54) is 12.8 Å². The van der Waals surface area contributed by atoms with E-state index >= 15 is 0 Å². The molecular formula is C21H27ClN6O2. The van der Waals surface area contributed by atoms with Crippen molar-refractivity contribution in [2.24, 2.45) is 0 Å². The number of pyridine rings is 1. The highest BCUT2D eigenvalue weighted by Crippen LogP contribution is 2.40. The van der Waals surface area contributed by atoms with Crippen molar-refractivity contribution in [1.29, 1.82) is 0 Å². The number of carbonyl (C=O) groups excluding carboxylic acids is 1. The van der Waals surface area contributed by atoms with Gasteiger partial charge in [0.2, 0.25) is 0 Å². The summed E-state index contributed by atoms with van der Waals surface area (Å²) in [6, 6.07) is 4.28. The Morgan fingerprint density at radius 3 is 2.83 bits per heavy atom. The minimum Gasteiger partial charge on any atom is -0.464 e. The number of amides is 1. The first-order valence-corrected chi connectivity index (χ1v) is 10.2. The minimum atomic E-state index is -0.0473. The number of hydrogen-bond acceptors (Lipinski definition) is 6. The quantitative estimate of drug-likeness (QED) is 0.641. The Kier molecular flexibility index (Phi) is 5.46. The second kappa shape index (κ2) is 7.92. The first kappa shape index (κ1) is 20.7. The number of nitrogens with one attached hydrogen (secondary N) is 2. The Bertz CT molecular complexity index is 1070. The summed E-state index contributed by atoms with van der Waals surface area (Å²) < 4.78 is 5.71. The maximum atomic E-state index is 13.3. The van der Waals surface area contributed by atoms with Crippen molar-refractivity contribution in [3.8, 4) is 0 Å². The van der Waals surface area contributed by atoms with Crippen LogP contribution in [0.1, 0.15) is 46.9 Å². The van der Waals surface area contributed by atoms with Gasteiger partial charge >= 0.3 is 0 Å². The van der Waals surface area contributed by atoms with Gasteiger partial charge in [0, 0.05) is 42.4 Å². The molecule has 30 heavy (non-hydrogen) atoms. The van der Waals surface area contributed by atoms with Gasteiger partial charge in [0.25, 0.3) is 5.91 Å². The zero-order valence-corrected chi connectivity index (χ0v) is 18.3. The van der Waals surface area contributed by atoms with Crippen molar-refractivity contribution in [3.63, 3.8) is 0 Å². The number of hydrogen-bond donors (Lipinski definition) is 2. The number of carbonyl (C=O) groups is 1. The molecule has 1 aliphatic carbocycles. The third-order valence-corrected chi connectivity index (χ3v) is 6.08. The lowest BCUT2D eigenvalue weighted by Crippen LogP contribution is -2.35. The van der Waals surface area contributed by atoms with Crippen LogP contribution in [0.2, 0.25) is 0 Å². The zero-order chi connectivity index (χ0) is 20.1. The molecule has 2 N–H and O–H groups in total. The van der Waals surface area contributed by atoms with Crippen LogP contribution < -0.4 is 5.32 Å². The van der Waals surface area contributed by atoms with Gasteiger partial charge < -0.3 is 19.5 Å². The number of anilines is 2.